The maximum Gasteiger partial charge on any atom is 0.226 e. The highest BCUT2D eigenvalue weighted by Gasteiger charge is 2.31. The molecule has 6 nitrogen and oxygen atoms in total. The van der Waals surface area contributed by atoms with Crippen molar-refractivity contribution in [1.82, 2.24) is 15.2 Å². The van der Waals surface area contributed by atoms with E-state index < -0.39 is 0 Å². The number of H-pyrrole nitrogens is 1. The number of rotatable bonds is 5. The first-order valence-electron chi connectivity index (χ1n) is 5.54. The van der Waals surface area contributed by atoms with Crippen LogP contribution in [0.1, 0.15) is 26.2 Å². The molecule has 6 heteroatoms. The highest BCUT2D eigenvalue weighted by molar-refractivity contribution is 5.89. The van der Waals surface area contributed by atoms with Gasteiger partial charge in [-0.15, -0.1) is 0 Å². The van der Waals surface area contributed by atoms with Gasteiger partial charge in [-0.05, 0) is 25.7 Å². The average Bonchev–Trinajstić information content (AvgIpc) is 2.67. The molecule has 0 atom stereocenters. The zero-order valence-corrected chi connectivity index (χ0v) is 9.27. The zero-order valence-electron chi connectivity index (χ0n) is 9.27. The first-order valence-corrected chi connectivity index (χ1v) is 5.54. The number of carbonyl (C=O) groups is 1. The Labute approximate surface area is 93.8 Å². The van der Waals surface area contributed by atoms with Gasteiger partial charge in [0.1, 0.15) is 6.33 Å². The van der Waals surface area contributed by atoms with Crippen LogP contribution >= 0.6 is 0 Å². The van der Waals surface area contributed by atoms with Crippen molar-refractivity contribution in [2.24, 2.45) is 5.92 Å². The number of hydrogen-bond acceptors (Lipinski definition) is 4. The zero-order chi connectivity index (χ0) is 11.4. The van der Waals surface area contributed by atoms with E-state index >= 15 is 0 Å². The lowest BCUT2D eigenvalue weighted by Crippen LogP contribution is -2.34. The van der Waals surface area contributed by atoms with E-state index in [4.69, 9.17) is 4.74 Å². The number of hydrogen-bond donors (Lipinski definition) is 2. The average molecular weight is 224 g/mol. The van der Waals surface area contributed by atoms with Crippen LogP contribution in [0.25, 0.3) is 0 Å². The molecule has 2 N–H and O–H groups in total. The van der Waals surface area contributed by atoms with Gasteiger partial charge >= 0.3 is 0 Å². The van der Waals surface area contributed by atoms with Gasteiger partial charge < -0.3 is 4.74 Å². The van der Waals surface area contributed by atoms with Gasteiger partial charge in [-0.3, -0.25) is 10.1 Å². The summed E-state index contributed by atoms with van der Waals surface area (Å²) < 4.78 is 5.44. The van der Waals surface area contributed by atoms with Crippen molar-refractivity contribution in [1.29, 1.82) is 0 Å². The highest BCUT2D eigenvalue weighted by atomic mass is 16.5. The summed E-state index contributed by atoms with van der Waals surface area (Å²) in [5.41, 5.74) is 0. The number of aromatic nitrogens is 3. The summed E-state index contributed by atoms with van der Waals surface area (Å²) in [7, 11) is 0. The molecular formula is C10H16N4O2. The second kappa shape index (κ2) is 5.07. The number of carbonyl (C=O) groups excluding carboxylic acids is 1. The summed E-state index contributed by atoms with van der Waals surface area (Å²) in [5, 5.41) is 8.90. The van der Waals surface area contributed by atoms with E-state index in [0.29, 0.717) is 24.4 Å². The molecule has 1 fully saturated rings. The normalized spacial score (nSPS) is 23.8. The number of anilines is 1. The van der Waals surface area contributed by atoms with Crippen LogP contribution in [0.4, 0.5) is 5.95 Å². The number of nitrogens with zero attached hydrogens (tertiary/aromatic N) is 2. The second-order valence-electron chi connectivity index (χ2n) is 4.00. The molecule has 1 heterocycles. The molecule has 1 aliphatic carbocycles. The van der Waals surface area contributed by atoms with E-state index in [9.17, 15) is 4.79 Å². The van der Waals surface area contributed by atoms with Crippen molar-refractivity contribution in [3.8, 4) is 0 Å². The van der Waals surface area contributed by atoms with Crippen LogP contribution in [0.3, 0.4) is 0 Å². The van der Waals surface area contributed by atoms with Crippen molar-refractivity contribution < 1.29 is 9.53 Å². The molecule has 0 aliphatic heterocycles. The Hall–Kier alpha value is -1.43. The Kier molecular flexibility index (Phi) is 3.51. The first-order chi connectivity index (χ1) is 7.78. The van der Waals surface area contributed by atoms with Crippen LogP contribution in [-0.4, -0.2) is 33.8 Å². The SMILES string of the molecule is CCOC1CC(CC(=O)Nc2ncn[nH]2)C1. The topological polar surface area (TPSA) is 79.9 Å². The third-order valence-electron chi connectivity index (χ3n) is 2.74. The van der Waals surface area contributed by atoms with Gasteiger partial charge in [0.25, 0.3) is 0 Å². The van der Waals surface area contributed by atoms with Crippen LogP contribution in [-0.2, 0) is 9.53 Å². The third kappa shape index (κ3) is 2.79. The van der Waals surface area contributed by atoms with E-state index in [1.54, 1.807) is 0 Å². The van der Waals surface area contributed by atoms with Crippen molar-refractivity contribution in [2.75, 3.05) is 11.9 Å². The molecule has 0 spiro atoms. The van der Waals surface area contributed by atoms with E-state index in [0.717, 1.165) is 19.4 Å². The Balaban J connectivity index is 1.66. The monoisotopic (exact) mass is 224 g/mol. The number of nitrogens with one attached hydrogen (secondary N) is 2. The van der Waals surface area contributed by atoms with Crippen molar-refractivity contribution in [3.63, 3.8) is 0 Å². The standard InChI is InChI=1S/C10H16N4O2/c1-2-16-8-3-7(4-8)5-9(15)13-10-11-6-12-14-10/h6-8H,2-5H2,1H3,(H2,11,12,13,14,15). The van der Waals surface area contributed by atoms with Gasteiger partial charge in [0.2, 0.25) is 11.9 Å². The largest absolute Gasteiger partial charge is 0.378 e. The molecule has 0 radical (unpaired) electrons. The fraction of sp³-hybridized carbons (Fsp3) is 0.700. The van der Waals surface area contributed by atoms with E-state index in [2.05, 4.69) is 20.5 Å². The summed E-state index contributed by atoms with van der Waals surface area (Å²) in [5.74, 6) is 0.835. The van der Waals surface area contributed by atoms with Crippen molar-refractivity contribution in [3.05, 3.63) is 6.33 Å². The molecule has 0 bridgehead atoms. The van der Waals surface area contributed by atoms with Gasteiger partial charge in [-0.25, -0.2) is 5.10 Å². The Morgan fingerprint density at radius 2 is 2.50 bits per heavy atom. The van der Waals surface area contributed by atoms with Crippen LogP contribution in [0.2, 0.25) is 0 Å². The van der Waals surface area contributed by atoms with E-state index in [1.807, 2.05) is 6.92 Å². The molecule has 0 saturated heterocycles. The molecule has 0 unspecified atom stereocenters. The Morgan fingerprint density at radius 3 is 3.12 bits per heavy atom. The lowest BCUT2D eigenvalue weighted by atomic mass is 9.80. The van der Waals surface area contributed by atoms with Gasteiger partial charge in [0, 0.05) is 13.0 Å². The molecule has 0 aromatic carbocycles. The minimum atomic E-state index is -0.0169. The van der Waals surface area contributed by atoms with Gasteiger partial charge in [-0.2, -0.15) is 10.1 Å². The molecule has 1 amide bonds. The molecule has 1 aromatic rings. The highest BCUT2D eigenvalue weighted by Crippen LogP contribution is 2.32. The summed E-state index contributed by atoms with van der Waals surface area (Å²) >= 11 is 0. The lowest BCUT2D eigenvalue weighted by molar-refractivity contribution is -0.119. The summed E-state index contributed by atoms with van der Waals surface area (Å²) in [6, 6.07) is 0. The third-order valence-corrected chi connectivity index (χ3v) is 2.74. The Morgan fingerprint density at radius 1 is 1.69 bits per heavy atom. The fourth-order valence-corrected chi connectivity index (χ4v) is 1.92. The first kappa shape index (κ1) is 11.1. The van der Waals surface area contributed by atoms with Crippen LogP contribution in [0, 0.1) is 5.92 Å². The predicted molar refractivity (Wildman–Crippen MR) is 57.8 cm³/mol. The lowest BCUT2D eigenvalue weighted by Gasteiger charge is -2.34. The number of aromatic amines is 1. The molecule has 1 saturated carbocycles. The van der Waals surface area contributed by atoms with Crippen LogP contribution < -0.4 is 5.32 Å². The minimum absolute atomic E-state index is 0.0169. The van der Waals surface area contributed by atoms with Crippen LogP contribution in [0.15, 0.2) is 6.33 Å². The van der Waals surface area contributed by atoms with E-state index in [-0.39, 0.29) is 5.91 Å². The van der Waals surface area contributed by atoms with Crippen LogP contribution in [0.5, 0.6) is 0 Å². The molecular weight excluding hydrogens is 208 g/mol. The van der Waals surface area contributed by atoms with Gasteiger partial charge in [0.05, 0.1) is 6.10 Å². The Bertz CT molecular complexity index is 333. The molecule has 1 aliphatic rings. The smallest absolute Gasteiger partial charge is 0.226 e. The molecule has 88 valence electrons. The van der Waals surface area contributed by atoms with Crippen molar-refractivity contribution >= 4 is 11.9 Å². The summed E-state index contributed by atoms with van der Waals surface area (Å²) in [6.45, 7) is 2.74. The van der Waals surface area contributed by atoms with Gasteiger partial charge in [0.15, 0.2) is 0 Å². The minimum Gasteiger partial charge on any atom is -0.378 e. The predicted octanol–water partition coefficient (Wildman–Crippen LogP) is 0.948. The molecule has 1 aromatic heterocycles. The second-order valence-corrected chi connectivity index (χ2v) is 4.00. The summed E-state index contributed by atoms with van der Waals surface area (Å²) in [4.78, 5) is 15.4. The maximum absolute atomic E-state index is 11.5. The number of amides is 1. The maximum atomic E-state index is 11.5. The quantitative estimate of drug-likeness (QED) is 0.780. The number of ether oxygens (including phenoxy) is 1. The summed E-state index contributed by atoms with van der Waals surface area (Å²) in [6.07, 6.45) is 4.22. The van der Waals surface area contributed by atoms with E-state index in [1.165, 1.54) is 6.33 Å². The molecule has 2 rings (SSSR count). The van der Waals surface area contributed by atoms with Crippen molar-refractivity contribution in [2.45, 2.75) is 32.3 Å². The molecule has 16 heavy (non-hydrogen) atoms. The van der Waals surface area contributed by atoms with Gasteiger partial charge in [-0.1, -0.05) is 0 Å². The fourth-order valence-electron chi connectivity index (χ4n) is 1.92.